The number of benzene rings is 7. The molecule has 5 nitrogen and oxygen atoms in total. The Kier molecular flexibility index (Phi) is 11.6. The fourth-order valence-corrected chi connectivity index (χ4v) is 8.95. The number of hydrogen-bond donors (Lipinski definition) is 0. The van der Waals surface area contributed by atoms with Gasteiger partial charge in [0.25, 0.3) is 0 Å². The molecule has 10 rings (SSSR count). The number of hydrogen-bond acceptors (Lipinski definition) is 4. The molecule has 9 aromatic rings. The van der Waals surface area contributed by atoms with Crippen LogP contribution in [0.15, 0.2) is 164 Å². The van der Waals surface area contributed by atoms with E-state index in [0.717, 1.165) is 61.5 Å². The summed E-state index contributed by atoms with van der Waals surface area (Å²) in [6, 6.07) is 63.5. The summed E-state index contributed by atoms with van der Waals surface area (Å²) in [5.74, 6) is 2.05. The Morgan fingerprint density at radius 1 is 0.500 bits per heavy atom. The Bertz CT molecular complexity index is 3210. The van der Waals surface area contributed by atoms with E-state index in [4.69, 9.17) is 9.72 Å². The van der Waals surface area contributed by atoms with E-state index in [0.29, 0.717) is 11.5 Å². The van der Waals surface area contributed by atoms with Crippen molar-refractivity contribution in [3.63, 3.8) is 0 Å². The Hall–Kier alpha value is -6.42. The van der Waals surface area contributed by atoms with Crippen LogP contribution in [0.2, 0.25) is 0 Å². The van der Waals surface area contributed by atoms with Crippen molar-refractivity contribution in [3.05, 3.63) is 199 Å². The van der Waals surface area contributed by atoms with Crippen LogP contribution in [0.3, 0.4) is 0 Å². The average Bonchev–Trinajstić information content (AvgIpc) is 3.84. The van der Waals surface area contributed by atoms with Crippen LogP contribution >= 0.6 is 0 Å². The summed E-state index contributed by atoms with van der Waals surface area (Å²) in [6.07, 6.45) is 1.90. The van der Waals surface area contributed by atoms with Crippen LogP contribution in [-0.4, -0.2) is 9.55 Å². The summed E-state index contributed by atoms with van der Waals surface area (Å²) in [4.78, 5) is 9.45. The van der Waals surface area contributed by atoms with Gasteiger partial charge >= 0.3 is 0 Å². The van der Waals surface area contributed by atoms with E-state index in [1.165, 1.54) is 27.8 Å². The van der Waals surface area contributed by atoms with Crippen LogP contribution in [0.25, 0.3) is 49.9 Å². The SMILES string of the molecule is CC(C)(C)c1cc(-c2cccc(-c3ccccc3)c2N2[CH-]N(c3[c-]c(Oc4[c-]c5c(cc4)c4ccccc4n5-c4cc(C(C)(C)C)ccn4)ccc3)c3ccccc32)cc(C(C)(C)C)c1.[Pt]. The molecule has 0 bridgehead atoms. The van der Waals surface area contributed by atoms with Gasteiger partial charge in [-0.1, -0.05) is 165 Å². The van der Waals surface area contributed by atoms with Crippen LogP contribution in [0.1, 0.15) is 79.0 Å². The Morgan fingerprint density at radius 2 is 1.11 bits per heavy atom. The number of nitrogens with zero attached hydrogens (tertiary/aromatic N) is 4. The van der Waals surface area contributed by atoms with Crippen LogP contribution in [0.5, 0.6) is 11.5 Å². The second kappa shape index (κ2) is 17.1. The van der Waals surface area contributed by atoms with Gasteiger partial charge in [0, 0.05) is 72.5 Å². The largest absolute Gasteiger partial charge is 0.509 e. The van der Waals surface area contributed by atoms with Gasteiger partial charge in [0.1, 0.15) is 5.82 Å². The fourth-order valence-electron chi connectivity index (χ4n) is 8.95. The van der Waals surface area contributed by atoms with E-state index in [1.807, 2.05) is 24.4 Å². The number of aromatic nitrogens is 2. The Labute approximate surface area is 405 Å². The van der Waals surface area contributed by atoms with Crippen molar-refractivity contribution in [1.29, 1.82) is 0 Å². The van der Waals surface area contributed by atoms with E-state index < -0.39 is 0 Å². The molecule has 1 aliphatic rings. The maximum atomic E-state index is 6.68. The standard InChI is InChI=1S/C60H55N4O.Pt/c1-58(2,3)42-31-32-61-56(36-42)64-52-26-14-13-23-50(52)51-30-29-47(38-55(51)64)65-46-22-17-21-45(37-46)62-39-63(54-28-16-15-27-53(54)62)57-48(40-19-11-10-12-20-40)24-18-25-49(57)41-33-43(59(4,5)6)35-44(34-41)60(7,8)9;/h10-36,39H,1-9H3;/q-3;. The molecule has 0 amide bonds. The van der Waals surface area contributed by atoms with Crippen molar-refractivity contribution in [2.45, 2.75) is 78.6 Å². The van der Waals surface area contributed by atoms with Crippen LogP contribution < -0.4 is 14.5 Å². The molecule has 7 aromatic carbocycles. The summed E-state index contributed by atoms with van der Waals surface area (Å²) >= 11 is 0. The van der Waals surface area contributed by atoms with Crippen molar-refractivity contribution in [3.8, 4) is 39.6 Å². The van der Waals surface area contributed by atoms with Crippen molar-refractivity contribution >= 4 is 44.6 Å². The molecule has 0 atom stereocenters. The minimum Gasteiger partial charge on any atom is -0.509 e. The summed E-state index contributed by atoms with van der Waals surface area (Å²) < 4.78 is 8.88. The molecule has 6 heteroatoms. The maximum absolute atomic E-state index is 6.68. The average molecular weight is 1040 g/mol. The predicted molar refractivity (Wildman–Crippen MR) is 271 cm³/mol. The van der Waals surface area contributed by atoms with E-state index in [1.54, 1.807) is 0 Å². The number of rotatable bonds is 7. The third-order valence-corrected chi connectivity index (χ3v) is 12.6. The molecule has 66 heavy (non-hydrogen) atoms. The number of ether oxygens (including phenoxy) is 1. The number of anilines is 4. The Balaban J connectivity index is 0.00000548. The first-order valence-electron chi connectivity index (χ1n) is 22.6. The molecule has 334 valence electrons. The van der Waals surface area contributed by atoms with Gasteiger partial charge in [-0.05, 0) is 79.8 Å². The minimum absolute atomic E-state index is 0. The zero-order valence-corrected chi connectivity index (χ0v) is 41.5. The maximum Gasteiger partial charge on any atom is 0.135 e. The van der Waals surface area contributed by atoms with Crippen molar-refractivity contribution in [2.75, 3.05) is 9.80 Å². The molecule has 2 aromatic heterocycles. The summed E-state index contributed by atoms with van der Waals surface area (Å²) in [6.45, 7) is 22.7. The summed E-state index contributed by atoms with van der Waals surface area (Å²) in [7, 11) is 0. The van der Waals surface area contributed by atoms with Gasteiger partial charge < -0.3 is 19.1 Å². The monoisotopic (exact) mass is 1040 g/mol. The topological polar surface area (TPSA) is 33.5 Å². The molecular formula is C60H55N4OPt-3. The van der Waals surface area contributed by atoms with Gasteiger partial charge in [0.2, 0.25) is 0 Å². The van der Waals surface area contributed by atoms with E-state index in [9.17, 15) is 0 Å². The van der Waals surface area contributed by atoms with Gasteiger partial charge in [-0.2, -0.15) is 12.1 Å². The molecule has 0 N–H and O–H groups in total. The molecule has 0 radical (unpaired) electrons. The van der Waals surface area contributed by atoms with Gasteiger partial charge in [-0.25, -0.2) is 4.98 Å². The van der Waals surface area contributed by atoms with E-state index in [2.05, 4.69) is 235 Å². The third kappa shape index (κ3) is 8.35. The van der Waals surface area contributed by atoms with Gasteiger partial charge in [-0.15, -0.1) is 48.1 Å². The molecular weight excluding hydrogens is 988 g/mol. The number of para-hydroxylation sites is 4. The van der Waals surface area contributed by atoms with Crippen molar-refractivity contribution in [2.24, 2.45) is 0 Å². The zero-order valence-electron chi connectivity index (χ0n) is 39.2. The van der Waals surface area contributed by atoms with Crippen LogP contribution in [-0.2, 0) is 37.3 Å². The quantitative estimate of drug-likeness (QED) is 0.149. The smallest absolute Gasteiger partial charge is 0.135 e. The zero-order chi connectivity index (χ0) is 45.3. The molecule has 0 saturated heterocycles. The van der Waals surface area contributed by atoms with E-state index in [-0.39, 0.29) is 37.3 Å². The van der Waals surface area contributed by atoms with Gasteiger partial charge in [-0.3, -0.25) is 0 Å². The third-order valence-electron chi connectivity index (χ3n) is 12.6. The number of fused-ring (bicyclic) bond motifs is 4. The molecule has 1 aliphatic heterocycles. The molecule has 0 unspecified atom stereocenters. The van der Waals surface area contributed by atoms with Gasteiger partial charge in [0.15, 0.2) is 0 Å². The van der Waals surface area contributed by atoms with Crippen molar-refractivity contribution < 1.29 is 25.8 Å². The molecule has 0 fully saturated rings. The summed E-state index contributed by atoms with van der Waals surface area (Å²) in [5, 5.41) is 2.23. The van der Waals surface area contributed by atoms with Crippen molar-refractivity contribution in [1.82, 2.24) is 9.55 Å². The molecule has 0 saturated carbocycles. The second-order valence-electron chi connectivity index (χ2n) is 20.3. The predicted octanol–water partition coefficient (Wildman–Crippen LogP) is 16.2. The fraction of sp³-hybridized carbons (Fsp3) is 0.200. The molecule has 0 spiro atoms. The van der Waals surface area contributed by atoms with Crippen LogP contribution in [0, 0.1) is 18.8 Å². The first-order valence-corrected chi connectivity index (χ1v) is 22.6. The van der Waals surface area contributed by atoms with Gasteiger partial charge in [0.05, 0.1) is 0 Å². The first kappa shape index (κ1) is 44.8. The first-order chi connectivity index (χ1) is 31.1. The summed E-state index contributed by atoms with van der Waals surface area (Å²) in [5.41, 5.74) is 14.5. The molecule has 0 aliphatic carbocycles. The van der Waals surface area contributed by atoms with E-state index >= 15 is 0 Å². The molecule has 3 heterocycles. The second-order valence-corrected chi connectivity index (χ2v) is 20.3. The Morgan fingerprint density at radius 3 is 1.80 bits per heavy atom. The minimum atomic E-state index is -0.0313. The normalized spacial score (nSPS) is 13.0. The van der Waals surface area contributed by atoms with Crippen LogP contribution in [0.4, 0.5) is 22.7 Å². The number of pyridine rings is 1.